The molecule has 0 unspecified atom stereocenters. The number of hydrogen-bond acceptors (Lipinski definition) is 2. The first-order valence-electron chi connectivity index (χ1n) is 6.37. The number of benzene rings is 1. The second-order valence-electron chi connectivity index (χ2n) is 4.54. The molecule has 2 N–H and O–H groups in total. The summed E-state index contributed by atoms with van der Waals surface area (Å²) >= 11 is 0. The van der Waals surface area contributed by atoms with E-state index in [4.69, 9.17) is 0 Å². The summed E-state index contributed by atoms with van der Waals surface area (Å²) in [5.74, 6) is -0.329. The third-order valence-corrected chi connectivity index (χ3v) is 3.06. The fourth-order valence-corrected chi connectivity index (χ4v) is 1.96. The van der Waals surface area contributed by atoms with Crippen molar-refractivity contribution in [2.75, 3.05) is 0 Å². The maximum atomic E-state index is 12.8. The van der Waals surface area contributed by atoms with Gasteiger partial charge in [-0.1, -0.05) is 25.5 Å². The highest BCUT2D eigenvalue weighted by Gasteiger charge is 2.12. The Morgan fingerprint density at radius 2 is 2.00 bits per heavy atom. The van der Waals surface area contributed by atoms with Gasteiger partial charge in [0.25, 0.3) is 0 Å². The lowest BCUT2D eigenvalue weighted by Crippen LogP contribution is -2.16. The predicted molar refractivity (Wildman–Crippen MR) is 70.8 cm³/mol. The van der Waals surface area contributed by atoms with Gasteiger partial charge in [-0.25, -0.2) is 9.18 Å². The summed E-state index contributed by atoms with van der Waals surface area (Å²) in [4.78, 5) is 14.3. The molecule has 0 bridgehead atoms. The number of halogens is 1. The standard InChI is InChI=1S/C14H17FN2O2/c1-2-3-8-17-13(18)12(16-14(17)19)9-10-4-6-11(15)7-5-10/h4-7,18H,2-3,8-9H2,1H3,(H,16,19). The van der Waals surface area contributed by atoms with Crippen LogP contribution in [0.15, 0.2) is 29.1 Å². The van der Waals surface area contributed by atoms with E-state index in [1.54, 1.807) is 12.1 Å². The summed E-state index contributed by atoms with van der Waals surface area (Å²) in [6, 6.07) is 5.99. The van der Waals surface area contributed by atoms with Gasteiger partial charge in [0.05, 0.1) is 5.69 Å². The molecule has 5 heteroatoms. The lowest BCUT2D eigenvalue weighted by Gasteiger charge is -2.03. The van der Waals surface area contributed by atoms with Crippen molar-refractivity contribution in [3.8, 4) is 5.88 Å². The number of imidazole rings is 1. The van der Waals surface area contributed by atoms with Crippen molar-refractivity contribution >= 4 is 0 Å². The zero-order valence-corrected chi connectivity index (χ0v) is 10.8. The van der Waals surface area contributed by atoms with E-state index >= 15 is 0 Å². The van der Waals surface area contributed by atoms with Crippen LogP contribution in [0.5, 0.6) is 5.88 Å². The molecule has 1 aromatic heterocycles. The maximum absolute atomic E-state index is 12.8. The topological polar surface area (TPSA) is 58.0 Å². The molecule has 0 atom stereocenters. The first kappa shape index (κ1) is 13.4. The average Bonchev–Trinajstić information content (AvgIpc) is 2.65. The van der Waals surface area contributed by atoms with Gasteiger partial charge in [0.2, 0.25) is 5.88 Å². The summed E-state index contributed by atoms with van der Waals surface area (Å²) in [7, 11) is 0. The van der Waals surface area contributed by atoms with Crippen molar-refractivity contribution in [3.63, 3.8) is 0 Å². The molecule has 0 spiro atoms. The SMILES string of the molecule is CCCCn1c(O)c(Cc2ccc(F)cc2)[nH]c1=O. The van der Waals surface area contributed by atoms with Crippen molar-refractivity contribution in [2.45, 2.75) is 32.7 Å². The van der Waals surface area contributed by atoms with Crippen molar-refractivity contribution < 1.29 is 9.50 Å². The number of H-pyrrole nitrogens is 1. The van der Waals surface area contributed by atoms with E-state index in [0.717, 1.165) is 18.4 Å². The minimum atomic E-state index is -0.304. The Bertz CT molecular complexity index is 599. The third kappa shape index (κ3) is 3.05. The normalized spacial score (nSPS) is 10.8. The van der Waals surface area contributed by atoms with Gasteiger partial charge in [0, 0.05) is 13.0 Å². The van der Waals surface area contributed by atoms with Crippen LogP contribution in [-0.2, 0) is 13.0 Å². The van der Waals surface area contributed by atoms with Gasteiger partial charge in [-0.2, -0.15) is 0 Å². The van der Waals surface area contributed by atoms with E-state index in [0.29, 0.717) is 18.7 Å². The largest absolute Gasteiger partial charge is 0.493 e. The Morgan fingerprint density at radius 3 is 2.63 bits per heavy atom. The van der Waals surface area contributed by atoms with Crippen LogP contribution in [0.3, 0.4) is 0 Å². The van der Waals surface area contributed by atoms with E-state index in [1.807, 2.05) is 6.92 Å². The highest BCUT2D eigenvalue weighted by Crippen LogP contribution is 2.17. The van der Waals surface area contributed by atoms with E-state index in [-0.39, 0.29) is 17.4 Å². The molecule has 4 nitrogen and oxygen atoms in total. The van der Waals surface area contributed by atoms with Crippen LogP contribution in [0.1, 0.15) is 31.0 Å². The summed E-state index contributed by atoms with van der Waals surface area (Å²) in [5, 5.41) is 10.0. The molecule has 0 amide bonds. The molecule has 0 radical (unpaired) electrons. The van der Waals surface area contributed by atoms with Crippen LogP contribution in [0.2, 0.25) is 0 Å². The summed E-state index contributed by atoms with van der Waals surface area (Å²) in [6.45, 7) is 2.52. The van der Waals surface area contributed by atoms with Crippen LogP contribution in [0.25, 0.3) is 0 Å². The Morgan fingerprint density at radius 1 is 1.32 bits per heavy atom. The quantitative estimate of drug-likeness (QED) is 0.871. The maximum Gasteiger partial charge on any atom is 0.328 e. The van der Waals surface area contributed by atoms with Gasteiger partial charge < -0.3 is 10.1 Å². The number of unbranched alkanes of at least 4 members (excludes halogenated alkanes) is 1. The molecule has 1 heterocycles. The molecule has 1 aromatic carbocycles. The van der Waals surface area contributed by atoms with Crippen LogP contribution in [-0.4, -0.2) is 14.7 Å². The van der Waals surface area contributed by atoms with Crippen molar-refractivity contribution in [1.29, 1.82) is 0 Å². The van der Waals surface area contributed by atoms with Gasteiger partial charge in [-0.3, -0.25) is 4.57 Å². The number of nitrogens with one attached hydrogen (secondary N) is 1. The predicted octanol–water partition coefficient (Wildman–Crippen LogP) is 2.41. The van der Waals surface area contributed by atoms with Crippen molar-refractivity contribution in [3.05, 3.63) is 51.8 Å². The highest BCUT2D eigenvalue weighted by atomic mass is 19.1. The summed E-state index contributed by atoms with van der Waals surface area (Å²) in [5.41, 5.74) is 0.997. The van der Waals surface area contributed by atoms with Gasteiger partial charge in [0.1, 0.15) is 5.82 Å². The summed E-state index contributed by atoms with van der Waals surface area (Å²) < 4.78 is 14.1. The number of aromatic hydroxyl groups is 1. The van der Waals surface area contributed by atoms with Crippen LogP contribution < -0.4 is 5.69 Å². The second kappa shape index (κ2) is 5.73. The Balaban J connectivity index is 2.21. The molecule has 0 fully saturated rings. The van der Waals surface area contributed by atoms with E-state index in [9.17, 15) is 14.3 Å². The molecule has 0 aliphatic heterocycles. The number of hydrogen-bond donors (Lipinski definition) is 2. The van der Waals surface area contributed by atoms with Gasteiger partial charge in [-0.15, -0.1) is 0 Å². The molecule has 0 aliphatic carbocycles. The molecule has 0 saturated heterocycles. The summed E-state index contributed by atoms with van der Waals surface area (Å²) in [6.07, 6.45) is 2.16. The van der Waals surface area contributed by atoms with Gasteiger partial charge in [0.15, 0.2) is 0 Å². The smallest absolute Gasteiger partial charge is 0.328 e. The molecular formula is C14H17FN2O2. The fraction of sp³-hybridized carbons (Fsp3) is 0.357. The lowest BCUT2D eigenvalue weighted by molar-refractivity contribution is 0.404. The number of nitrogens with zero attached hydrogens (tertiary/aromatic N) is 1. The fourth-order valence-electron chi connectivity index (χ4n) is 1.96. The lowest BCUT2D eigenvalue weighted by atomic mass is 10.1. The van der Waals surface area contributed by atoms with Crippen molar-refractivity contribution in [2.24, 2.45) is 0 Å². The zero-order valence-electron chi connectivity index (χ0n) is 10.8. The number of rotatable bonds is 5. The van der Waals surface area contributed by atoms with E-state index < -0.39 is 0 Å². The Hall–Kier alpha value is -2.04. The number of aromatic amines is 1. The van der Waals surface area contributed by atoms with Crippen LogP contribution in [0, 0.1) is 5.82 Å². The first-order valence-corrected chi connectivity index (χ1v) is 6.37. The van der Waals surface area contributed by atoms with Gasteiger partial charge in [-0.05, 0) is 24.1 Å². The zero-order chi connectivity index (χ0) is 13.8. The minimum absolute atomic E-state index is 0.0252. The molecule has 19 heavy (non-hydrogen) atoms. The van der Waals surface area contributed by atoms with E-state index in [2.05, 4.69) is 4.98 Å². The minimum Gasteiger partial charge on any atom is -0.493 e. The van der Waals surface area contributed by atoms with Gasteiger partial charge >= 0.3 is 5.69 Å². The Kier molecular flexibility index (Phi) is 4.04. The molecular weight excluding hydrogens is 247 g/mol. The van der Waals surface area contributed by atoms with E-state index in [1.165, 1.54) is 16.7 Å². The molecule has 2 rings (SSSR count). The molecule has 2 aromatic rings. The second-order valence-corrected chi connectivity index (χ2v) is 4.54. The van der Waals surface area contributed by atoms with Crippen molar-refractivity contribution in [1.82, 2.24) is 9.55 Å². The average molecular weight is 264 g/mol. The van der Waals surface area contributed by atoms with Crippen LogP contribution in [0.4, 0.5) is 4.39 Å². The van der Waals surface area contributed by atoms with Crippen LogP contribution >= 0.6 is 0 Å². The molecule has 0 aliphatic rings. The molecule has 102 valence electrons. The Labute approximate surface area is 110 Å². The monoisotopic (exact) mass is 264 g/mol. The number of aromatic nitrogens is 2. The first-order chi connectivity index (χ1) is 9.11. The molecule has 0 saturated carbocycles. The third-order valence-electron chi connectivity index (χ3n) is 3.06. The highest BCUT2D eigenvalue weighted by molar-refractivity contribution is 5.27.